The van der Waals surface area contributed by atoms with Gasteiger partial charge in [0.25, 0.3) is 0 Å². The number of benzene rings is 1. The zero-order valence-corrected chi connectivity index (χ0v) is 15.2. The Morgan fingerprint density at radius 1 is 1.07 bits per heavy atom. The van der Waals surface area contributed by atoms with E-state index in [0.717, 1.165) is 5.56 Å². The lowest BCUT2D eigenvalue weighted by Crippen LogP contribution is -2.54. The van der Waals surface area contributed by atoms with Gasteiger partial charge in [-0.2, -0.15) is 0 Å². The van der Waals surface area contributed by atoms with Crippen molar-refractivity contribution >= 4 is 23.7 Å². The molecule has 0 radical (unpaired) electrons. The van der Waals surface area contributed by atoms with Crippen molar-refractivity contribution in [1.82, 2.24) is 16.0 Å². The first-order valence-electron chi connectivity index (χ1n) is 8.38. The van der Waals surface area contributed by atoms with Crippen LogP contribution in [-0.4, -0.2) is 70.3 Å². The second-order valence-electron chi connectivity index (χ2n) is 6.07. The molecule has 11 heteroatoms. The number of phenolic OH excluding ortho intramolecular Hbond substituents is 1. The molecule has 0 aromatic heterocycles. The highest BCUT2D eigenvalue weighted by Gasteiger charge is 2.24. The van der Waals surface area contributed by atoms with Gasteiger partial charge in [-0.25, -0.2) is 0 Å². The first kappa shape index (κ1) is 22.9. The van der Waals surface area contributed by atoms with Crippen LogP contribution in [0, 0.1) is 0 Å². The van der Waals surface area contributed by atoms with Gasteiger partial charge < -0.3 is 37.0 Å². The third-order valence-corrected chi connectivity index (χ3v) is 3.72. The average Bonchev–Trinajstić information content (AvgIpc) is 2.65. The Morgan fingerprint density at radius 3 is 2.21 bits per heavy atom. The molecule has 0 bridgehead atoms. The SMILES string of the molecule is CC(NC(=O)C(CO)NC(=O)CNC(=O)C(N)Cc1ccc(O)cc1)C(=O)O. The number of aliphatic carboxylic acids is 1. The van der Waals surface area contributed by atoms with Crippen LogP contribution < -0.4 is 21.7 Å². The summed E-state index contributed by atoms with van der Waals surface area (Å²) in [6.07, 6.45) is 0.183. The van der Waals surface area contributed by atoms with E-state index >= 15 is 0 Å². The molecule has 3 amide bonds. The number of carboxylic acids is 1. The molecule has 0 aliphatic heterocycles. The molecule has 0 aliphatic rings. The zero-order chi connectivity index (χ0) is 21.3. The minimum atomic E-state index is -1.36. The fourth-order valence-electron chi connectivity index (χ4n) is 2.09. The number of nitrogens with one attached hydrogen (secondary N) is 3. The number of hydrogen-bond donors (Lipinski definition) is 7. The Labute approximate surface area is 160 Å². The second-order valence-corrected chi connectivity index (χ2v) is 6.07. The maximum Gasteiger partial charge on any atom is 0.325 e. The van der Waals surface area contributed by atoms with Crippen LogP contribution in [0.2, 0.25) is 0 Å². The molecular weight excluding hydrogens is 372 g/mol. The van der Waals surface area contributed by atoms with Gasteiger partial charge in [-0.15, -0.1) is 0 Å². The maximum absolute atomic E-state index is 12.0. The summed E-state index contributed by atoms with van der Waals surface area (Å²) in [6.45, 7) is -0.00913. The number of carbonyl (C=O) groups excluding carboxylic acids is 3. The highest BCUT2D eigenvalue weighted by molar-refractivity contribution is 5.92. The van der Waals surface area contributed by atoms with E-state index in [1.54, 1.807) is 12.1 Å². The second kappa shape index (κ2) is 10.8. The van der Waals surface area contributed by atoms with Gasteiger partial charge in [-0.05, 0) is 31.0 Å². The van der Waals surface area contributed by atoms with Gasteiger partial charge in [-0.3, -0.25) is 19.2 Å². The average molecular weight is 396 g/mol. The van der Waals surface area contributed by atoms with E-state index in [1.165, 1.54) is 19.1 Å². The van der Waals surface area contributed by atoms with E-state index in [0.29, 0.717) is 0 Å². The number of hydrogen-bond acceptors (Lipinski definition) is 7. The van der Waals surface area contributed by atoms with Crippen LogP contribution in [0.15, 0.2) is 24.3 Å². The smallest absolute Gasteiger partial charge is 0.325 e. The lowest BCUT2D eigenvalue weighted by molar-refractivity contribution is -0.142. The minimum Gasteiger partial charge on any atom is -0.508 e. The van der Waals surface area contributed by atoms with Crippen LogP contribution in [0.3, 0.4) is 0 Å². The van der Waals surface area contributed by atoms with Crippen LogP contribution in [0.25, 0.3) is 0 Å². The molecule has 0 saturated carbocycles. The largest absolute Gasteiger partial charge is 0.508 e. The molecule has 1 aromatic rings. The standard InChI is InChI=1S/C17H24N4O7/c1-9(17(27)28)20-16(26)13(8-22)21-14(24)7-19-15(25)12(18)6-10-2-4-11(23)5-3-10/h2-5,9,12-13,22-23H,6-8,18H2,1H3,(H,19,25)(H,20,26)(H,21,24)(H,27,28). The van der Waals surface area contributed by atoms with E-state index in [9.17, 15) is 29.4 Å². The van der Waals surface area contributed by atoms with Crippen LogP contribution >= 0.6 is 0 Å². The van der Waals surface area contributed by atoms with Crippen LogP contribution in [-0.2, 0) is 25.6 Å². The van der Waals surface area contributed by atoms with Crippen molar-refractivity contribution in [3.63, 3.8) is 0 Å². The molecule has 0 heterocycles. The first-order valence-corrected chi connectivity index (χ1v) is 8.38. The highest BCUT2D eigenvalue weighted by Crippen LogP contribution is 2.10. The van der Waals surface area contributed by atoms with Crippen LogP contribution in [0.5, 0.6) is 5.75 Å². The van der Waals surface area contributed by atoms with Crippen molar-refractivity contribution in [3.8, 4) is 5.75 Å². The van der Waals surface area contributed by atoms with Gasteiger partial charge in [0.05, 0.1) is 19.2 Å². The molecular formula is C17H24N4O7. The van der Waals surface area contributed by atoms with Gasteiger partial charge in [0.15, 0.2) is 0 Å². The van der Waals surface area contributed by atoms with Gasteiger partial charge in [0, 0.05) is 0 Å². The number of aliphatic hydroxyl groups excluding tert-OH is 1. The quantitative estimate of drug-likeness (QED) is 0.225. The fourth-order valence-corrected chi connectivity index (χ4v) is 2.09. The van der Waals surface area contributed by atoms with Crippen LogP contribution in [0.1, 0.15) is 12.5 Å². The maximum atomic E-state index is 12.0. The van der Waals surface area contributed by atoms with E-state index < -0.39 is 55.0 Å². The van der Waals surface area contributed by atoms with Gasteiger partial charge in [-0.1, -0.05) is 12.1 Å². The van der Waals surface area contributed by atoms with E-state index in [-0.39, 0.29) is 12.2 Å². The van der Waals surface area contributed by atoms with Crippen molar-refractivity contribution in [3.05, 3.63) is 29.8 Å². The molecule has 1 rings (SSSR count). The van der Waals surface area contributed by atoms with Crippen molar-refractivity contribution in [2.75, 3.05) is 13.2 Å². The Bertz CT molecular complexity index is 708. The molecule has 0 aliphatic carbocycles. The highest BCUT2D eigenvalue weighted by atomic mass is 16.4. The number of aromatic hydroxyl groups is 1. The van der Waals surface area contributed by atoms with Crippen molar-refractivity contribution in [2.24, 2.45) is 5.73 Å². The number of nitrogens with two attached hydrogens (primary N) is 1. The predicted octanol–water partition coefficient (Wildman–Crippen LogP) is -2.56. The summed E-state index contributed by atoms with van der Waals surface area (Å²) in [4.78, 5) is 46.4. The lowest BCUT2D eigenvalue weighted by Gasteiger charge is -2.18. The Hall–Kier alpha value is -3.18. The number of carbonyl (C=O) groups is 4. The molecule has 0 fully saturated rings. The van der Waals surface area contributed by atoms with E-state index in [2.05, 4.69) is 16.0 Å². The summed E-state index contributed by atoms with van der Waals surface area (Å²) in [7, 11) is 0. The predicted molar refractivity (Wildman–Crippen MR) is 97.1 cm³/mol. The molecule has 3 atom stereocenters. The summed E-state index contributed by atoms with van der Waals surface area (Å²) in [5, 5.41) is 33.8. The molecule has 3 unspecified atom stereocenters. The van der Waals surface area contributed by atoms with E-state index in [1.807, 2.05) is 0 Å². The van der Waals surface area contributed by atoms with Gasteiger partial charge in [0.1, 0.15) is 17.8 Å². The fraction of sp³-hybridized carbons (Fsp3) is 0.412. The molecule has 28 heavy (non-hydrogen) atoms. The summed E-state index contributed by atoms with van der Waals surface area (Å²) >= 11 is 0. The van der Waals surface area contributed by atoms with Gasteiger partial charge >= 0.3 is 5.97 Å². The number of phenols is 1. The molecule has 0 saturated heterocycles. The minimum absolute atomic E-state index is 0.0821. The summed E-state index contributed by atoms with van der Waals surface area (Å²) in [5.41, 5.74) is 6.48. The molecule has 0 spiro atoms. The number of carboxylic acid groups (broad SMARTS) is 1. The Kier molecular flexibility index (Phi) is 8.85. The topological polar surface area (TPSA) is 191 Å². The number of aliphatic hydroxyl groups is 1. The zero-order valence-electron chi connectivity index (χ0n) is 15.2. The molecule has 1 aromatic carbocycles. The van der Waals surface area contributed by atoms with Crippen LogP contribution in [0.4, 0.5) is 0 Å². The monoisotopic (exact) mass is 396 g/mol. The normalized spacial score (nSPS) is 13.7. The molecule has 154 valence electrons. The Morgan fingerprint density at radius 2 is 1.68 bits per heavy atom. The summed E-state index contributed by atoms with van der Waals surface area (Å²) in [5.74, 6) is -3.43. The summed E-state index contributed by atoms with van der Waals surface area (Å²) in [6, 6.07) is 2.63. The lowest BCUT2D eigenvalue weighted by atomic mass is 10.1. The molecule has 11 nitrogen and oxygen atoms in total. The van der Waals surface area contributed by atoms with Gasteiger partial charge in [0.2, 0.25) is 17.7 Å². The Balaban J connectivity index is 2.46. The van der Waals surface area contributed by atoms with Crippen molar-refractivity contribution in [2.45, 2.75) is 31.5 Å². The molecule has 8 N–H and O–H groups in total. The third-order valence-electron chi connectivity index (χ3n) is 3.72. The third kappa shape index (κ3) is 7.60. The van der Waals surface area contributed by atoms with E-state index in [4.69, 9.17) is 10.8 Å². The van der Waals surface area contributed by atoms with Crippen molar-refractivity contribution < 1.29 is 34.5 Å². The van der Waals surface area contributed by atoms with Crippen molar-refractivity contribution in [1.29, 1.82) is 0 Å². The summed E-state index contributed by atoms with van der Waals surface area (Å²) < 4.78 is 0. The number of rotatable bonds is 10. The number of amides is 3. The first-order chi connectivity index (χ1) is 13.1.